The molecule has 1 aromatic carbocycles. The van der Waals surface area contributed by atoms with Crippen LogP contribution in [0.2, 0.25) is 5.02 Å². The van der Waals surface area contributed by atoms with Crippen LogP contribution in [0.4, 0.5) is 4.39 Å². The first-order valence-electron chi connectivity index (χ1n) is 4.67. The number of halogens is 3. The summed E-state index contributed by atoms with van der Waals surface area (Å²) in [6.07, 6.45) is 2.10. The van der Waals surface area contributed by atoms with Crippen molar-refractivity contribution >= 4 is 23.2 Å². The first-order chi connectivity index (χ1) is 7.70. The number of aryl methyl sites for hydroxylation is 1. The summed E-state index contributed by atoms with van der Waals surface area (Å²) in [6.45, 7) is 0. The minimum Gasteiger partial charge on any atom is -0.441 e. The van der Waals surface area contributed by atoms with Crippen molar-refractivity contribution in [2.45, 2.75) is 6.42 Å². The molecular formula is C11H8Cl2FNO. The summed E-state index contributed by atoms with van der Waals surface area (Å²) in [4.78, 5) is 4.03. The van der Waals surface area contributed by atoms with Crippen molar-refractivity contribution in [3.63, 3.8) is 0 Å². The molecule has 0 fully saturated rings. The summed E-state index contributed by atoms with van der Waals surface area (Å²) in [5, 5.41) is 0.0873. The van der Waals surface area contributed by atoms with E-state index in [0.717, 1.165) is 0 Å². The summed E-state index contributed by atoms with van der Waals surface area (Å²) in [5.41, 5.74) is 0.607. The molecule has 0 amide bonds. The minimum atomic E-state index is -0.477. The smallest absolute Gasteiger partial charge is 0.196 e. The van der Waals surface area contributed by atoms with Crippen LogP contribution in [0.3, 0.4) is 0 Å². The lowest BCUT2D eigenvalue weighted by Crippen LogP contribution is -1.83. The molecule has 16 heavy (non-hydrogen) atoms. The Kier molecular flexibility index (Phi) is 3.46. The van der Waals surface area contributed by atoms with Crippen LogP contribution in [0.25, 0.3) is 11.3 Å². The third-order valence-electron chi connectivity index (χ3n) is 2.07. The maximum atomic E-state index is 13.2. The molecule has 1 aromatic heterocycles. The van der Waals surface area contributed by atoms with Crippen LogP contribution in [0, 0.1) is 5.82 Å². The Morgan fingerprint density at radius 2 is 2.19 bits per heavy atom. The summed E-state index contributed by atoms with van der Waals surface area (Å²) in [5.74, 6) is 1.01. The second kappa shape index (κ2) is 4.85. The highest BCUT2D eigenvalue weighted by atomic mass is 35.5. The van der Waals surface area contributed by atoms with Crippen molar-refractivity contribution in [2.75, 3.05) is 5.88 Å². The third-order valence-corrected chi connectivity index (χ3v) is 2.56. The summed E-state index contributed by atoms with van der Waals surface area (Å²) >= 11 is 11.1. The van der Waals surface area contributed by atoms with Gasteiger partial charge in [-0.1, -0.05) is 11.6 Å². The molecule has 0 aliphatic carbocycles. The van der Waals surface area contributed by atoms with Gasteiger partial charge in [-0.15, -0.1) is 11.6 Å². The van der Waals surface area contributed by atoms with Crippen molar-refractivity contribution in [1.29, 1.82) is 0 Å². The number of hydrogen-bond acceptors (Lipinski definition) is 2. The average Bonchev–Trinajstić information content (AvgIpc) is 2.71. The molecule has 0 aliphatic rings. The molecule has 2 aromatic rings. The fraction of sp³-hybridized carbons (Fsp3) is 0.182. The van der Waals surface area contributed by atoms with Crippen LogP contribution in [0.15, 0.2) is 28.8 Å². The molecule has 0 bridgehead atoms. The van der Waals surface area contributed by atoms with Gasteiger partial charge in [-0.3, -0.25) is 0 Å². The second-order valence-corrected chi connectivity index (χ2v) is 3.97. The van der Waals surface area contributed by atoms with E-state index in [1.54, 1.807) is 12.3 Å². The van der Waals surface area contributed by atoms with Gasteiger partial charge >= 0.3 is 0 Å². The number of rotatable bonds is 3. The lowest BCUT2D eigenvalue weighted by Gasteiger charge is -1.98. The van der Waals surface area contributed by atoms with Crippen LogP contribution in [-0.2, 0) is 6.42 Å². The van der Waals surface area contributed by atoms with E-state index in [1.807, 2.05) is 0 Å². The largest absolute Gasteiger partial charge is 0.441 e. The predicted molar refractivity (Wildman–Crippen MR) is 61.3 cm³/mol. The van der Waals surface area contributed by atoms with Gasteiger partial charge in [0.05, 0.1) is 11.2 Å². The predicted octanol–water partition coefficient (Wildman–Crippen LogP) is 3.92. The molecular weight excluding hydrogens is 252 g/mol. The zero-order chi connectivity index (χ0) is 11.5. The van der Waals surface area contributed by atoms with Gasteiger partial charge in [-0.2, -0.15) is 0 Å². The van der Waals surface area contributed by atoms with Crippen molar-refractivity contribution < 1.29 is 8.81 Å². The van der Waals surface area contributed by atoms with Crippen molar-refractivity contribution in [2.24, 2.45) is 0 Å². The van der Waals surface area contributed by atoms with Crippen LogP contribution < -0.4 is 0 Å². The zero-order valence-corrected chi connectivity index (χ0v) is 9.72. The molecule has 2 nitrogen and oxygen atoms in total. The zero-order valence-electron chi connectivity index (χ0n) is 8.21. The van der Waals surface area contributed by atoms with E-state index in [4.69, 9.17) is 27.6 Å². The summed E-state index contributed by atoms with van der Waals surface area (Å²) < 4.78 is 18.6. The first kappa shape index (κ1) is 11.4. The lowest BCUT2D eigenvalue weighted by atomic mass is 10.2. The Hall–Kier alpha value is -1.06. The lowest BCUT2D eigenvalue weighted by molar-refractivity contribution is 0.514. The van der Waals surface area contributed by atoms with Crippen molar-refractivity contribution in [3.8, 4) is 11.3 Å². The third kappa shape index (κ3) is 2.36. The molecule has 0 spiro atoms. The second-order valence-electron chi connectivity index (χ2n) is 3.19. The standard InChI is InChI=1S/C11H8Cl2FNO/c12-4-3-11-15-6-10(16-11)7-1-2-8(13)9(14)5-7/h1-2,5-6H,3-4H2. The van der Waals surface area contributed by atoms with Gasteiger partial charge in [0, 0.05) is 17.9 Å². The maximum absolute atomic E-state index is 13.2. The molecule has 0 saturated carbocycles. The Bertz CT molecular complexity index is 498. The monoisotopic (exact) mass is 259 g/mol. The molecule has 0 atom stereocenters. The normalized spacial score (nSPS) is 10.7. The molecule has 0 unspecified atom stereocenters. The van der Waals surface area contributed by atoms with E-state index in [2.05, 4.69) is 4.98 Å². The van der Waals surface area contributed by atoms with E-state index in [0.29, 0.717) is 29.5 Å². The Labute approximate surface area is 102 Å². The average molecular weight is 260 g/mol. The highest BCUT2D eigenvalue weighted by Crippen LogP contribution is 2.24. The SMILES string of the molecule is Fc1cc(-c2cnc(CCCl)o2)ccc1Cl. The number of oxazole rings is 1. The van der Waals surface area contributed by atoms with Gasteiger partial charge in [-0.05, 0) is 18.2 Å². The van der Waals surface area contributed by atoms with E-state index >= 15 is 0 Å². The summed E-state index contributed by atoms with van der Waals surface area (Å²) in [6, 6.07) is 4.47. The fourth-order valence-corrected chi connectivity index (χ4v) is 1.57. The van der Waals surface area contributed by atoms with E-state index in [-0.39, 0.29) is 5.02 Å². The highest BCUT2D eigenvalue weighted by Gasteiger charge is 2.08. The molecule has 84 valence electrons. The minimum absolute atomic E-state index is 0.0873. The maximum Gasteiger partial charge on any atom is 0.196 e. The van der Waals surface area contributed by atoms with Crippen LogP contribution in [-0.4, -0.2) is 10.9 Å². The van der Waals surface area contributed by atoms with E-state index in [9.17, 15) is 4.39 Å². The fourth-order valence-electron chi connectivity index (χ4n) is 1.29. The number of nitrogens with zero attached hydrogens (tertiary/aromatic N) is 1. The Balaban J connectivity index is 2.31. The number of alkyl halides is 1. The highest BCUT2D eigenvalue weighted by molar-refractivity contribution is 6.30. The molecule has 0 N–H and O–H groups in total. The Morgan fingerprint density at radius 1 is 1.38 bits per heavy atom. The number of hydrogen-bond donors (Lipinski definition) is 0. The molecule has 2 rings (SSSR count). The van der Waals surface area contributed by atoms with Crippen molar-refractivity contribution in [1.82, 2.24) is 4.98 Å². The van der Waals surface area contributed by atoms with Gasteiger partial charge in [0.15, 0.2) is 11.7 Å². The van der Waals surface area contributed by atoms with Gasteiger partial charge in [-0.25, -0.2) is 9.37 Å². The summed E-state index contributed by atoms with van der Waals surface area (Å²) in [7, 11) is 0. The van der Waals surface area contributed by atoms with Gasteiger partial charge in [0.1, 0.15) is 5.82 Å². The van der Waals surface area contributed by atoms with Gasteiger partial charge < -0.3 is 4.42 Å². The van der Waals surface area contributed by atoms with Crippen LogP contribution >= 0.6 is 23.2 Å². The Morgan fingerprint density at radius 3 is 2.88 bits per heavy atom. The van der Waals surface area contributed by atoms with Gasteiger partial charge in [0.2, 0.25) is 0 Å². The van der Waals surface area contributed by atoms with Crippen molar-refractivity contribution in [3.05, 3.63) is 41.1 Å². The number of aromatic nitrogens is 1. The van der Waals surface area contributed by atoms with Crippen LogP contribution in [0.1, 0.15) is 5.89 Å². The quantitative estimate of drug-likeness (QED) is 0.782. The molecule has 0 saturated heterocycles. The topological polar surface area (TPSA) is 26.0 Å². The molecule has 0 aliphatic heterocycles. The van der Waals surface area contributed by atoms with Gasteiger partial charge in [0.25, 0.3) is 0 Å². The molecule has 1 heterocycles. The number of benzene rings is 1. The first-order valence-corrected chi connectivity index (χ1v) is 5.58. The van der Waals surface area contributed by atoms with Crippen LogP contribution in [0.5, 0.6) is 0 Å². The molecule has 0 radical (unpaired) electrons. The van der Waals surface area contributed by atoms with E-state index in [1.165, 1.54) is 12.1 Å². The molecule has 5 heteroatoms. The van der Waals surface area contributed by atoms with E-state index < -0.39 is 5.82 Å².